The zero-order valence-electron chi connectivity index (χ0n) is 14.6. The quantitative estimate of drug-likeness (QED) is 0.693. The van der Waals surface area contributed by atoms with Gasteiger partial charge in [-0.1, -0.05) is 18.2 Å². The third-order valence-electron chi connectivity index (χ3n) is 3.42. The van der Waals surface area contributed by atoms with E-state index < -0.39 is 0 Å². The molecule has 0 bridgehead atoms. The predicted molar refractivity (Wildman–Crippen MR) is 102 cm³/mol. The van der Waals surface area contributed by atoms with Crippen LogP contribution in [0.5, 0.6) is 11.5 Å². The molecule has 132 valence electrons. The molecule has 0 spiro atoms. The minimum Gasteiger partial charge on any atom is -0.457 e. The minimum atomic E-state index is -0.315. The molecule has 0 unspecified atom stereocenters. The smallest absolute Gasteiger partial charge is 0.276 e. The summed E-state index contributed by atoms with van der Waals surface area (Å²) in [5.74, 6) is 1.78. The monoisotopic (exact) mass is 348 g/mol. The number of amides is 1. The number of rotatable bonds is 6. The Morgan fingerprint density at radius 1 is 0.885 bits per heavy atom. The number of anilines is 2. The van der Waals surface area contributed by atoms with Crippen molar-refractivity contribution in [2.45, 2.75) is 19.9 Å². The molecule has 0 saturated carbocycles. The molecule has 3 rings (SSSR count). The molecule has 0 fully saturated rings. The maximum Gasteiger partial charge on any atom is 0.276 e. The van der Waals surface area contributed by atoms with E-state index in [-0.39, 0.29) is 17.6 Å². The lowest BCUT2D eigenvalue weighted by Crippen LogP contribution is -2.16. The van der Waals surface area contributed by atoms with Crippen LogP contribution in [0.3, 0.4) is 0 Å². The lowest BCUT2D eigenvalue weighted by atomic mass is 10.2. The molecule has 0 aliphatic rings. The normalized spacial score (nSPS) is 10.4. The zero-order valence-corrected chi connectivity index (χ0v) is 14.6. The highest BCUT2D eigenvalue weighted by atomic mass is 16.5. The SMILES string of the molecule is CC(C)Nc1ccc(C(=O)Nc2ccc(Oc3ccccc3)cc2)nn1. The molecule has 3 aromatic rings. The number of nitrogens with zero attached hydrogens (tertiary/aromatic N) is 2. The number of hydrogen-bond acceptors (Lipinski definition) is 5. The number of aromatic nitrogens is 2. The van der Waals surface area contributed by atoms with Crippen LogP contribution in [0.25, 0.3) is 0 Å². The maximum atomic E-state index is 12.3. The van der Waals surface area contributed by atoms with Gasteiger partial charge in [0.05, 0.1) is 0 Å². The highest BCUT2D eigenvalue weighted by molar-refractivity contribution is 6.02. The average molecular weight is 348 g/mol. The van der Waals surface area contributed by atoms with E-state index in [9.17, 15) is 4.79 Å². The van der Waals surface area contributed by atoms with E-state index >= 15 is 0 Å². The molecule has 1 amide bonds. The van der Waals surface area contributed by atoms with E-state index in [1.165, 1.54) is 0 Å². The molecule has 0 atom stereocenters. The van der Waals surface area contributed by atoms with Crippen LogP contribution in [0.4, 0.5) is 11.5 Å². The number of carbonyl (C=O) groups is 1. The summed E-state index contributed by atoms with van der Waals surface area (Å²) >= 11 is 0. The van der Waals surface area contributed by atoms with Crippen LogP contribution < -0.4 is 15.4 Å². The zero-order chi connectivity index (χ0) is 18.4. The van der Waals surface area contributed by atoms with Crippen LogP contribution >= 0.6 is 0 Å². The van der Waals surface area contributed by atoms with Crippen molar-refractivity contribution in [3.05, 3.63) is 72.4 Å². The first-order chi connectivity index (χ1) is 12.6. The predicted octanol–water partition coefficient (Wildman–Crippen LogP) is 4.34. The molecule has 1 heterocycles. The van der Waals surface area contributed by atoms with Gasteiger partial charge in [0.2, 0.25) is 0 Å². The Balaban J connectivity index is 1.60. The van der Waals surface area contributed by atoms with Gasteiger partial charge in [-0.2, -0.15) is 0 Å². The van der Waals surface area contributed by atoms with Gasteiger partial charge in [-0.3, -0.25) is 4.79 Å². The molecule has 6 nitrogen and oxygen atoms in total. The number of para-hydroxylation sites is 1. The highest BCUT2D eigenvalue weighted by Gasteiger charge is 2.09. The molecule has 0 radical (unpaired) electrons. The molecule has 26 heavy (non-hydrogen) atoms. The molecule has 6 heteroatoms. The fraction of sp³-hybridized carbons (Fsp3) is 0.150. The molecular formula is C20H20N4O2. The number of carbonyl (C=O) groups excluding carboxylic acids is 1. The summed E-state index contributed by atoms with van der Waals surface area (Å²) in [6.45, 7) is 4.01. The summed E-state index contributed by atoms with van der Waals surface area (Å²) in [5, 5.41) is 13.9. The fourth-order valence-corrected chi connectivity index (χ4v) is 2.25. The van der Waals surface area contributed by atoms with Crippen LogP contribution in [-0.2, 0) is 0 Å². The summed E-state index contributed by atoms with van der Waals surface area (Å²) in [5.41, 5.74) is 0.908. The molecule has 0 aliphatic heterocycles. The van der Waals surface area contributed by atoms with Crippen molar-refractivity contribution in [2.75, 3.05) is 10.6 Å². The van der Waals surface area contributed by atoms with E-state index in [1.54, 1.807) is 36.4 Å². The van der Waals surface area contributed by atoms with E-state index in [4.69, 9.17) is 4.74 Å². The topological polar surface area (TPSA) is 76.1 Å². The van der Waals surface area contributed by atoms with Crippen molar-refractivity contribution < 1.29 is 9.53 Å². The maximum absolute atomic E-state index is 12.3. The summed E-state index contributed by atoms with van der Waals surface area (Å²) in [4.78, 5) is 12.3. The Labute approximate surface area is 152 Å². The van der Waals surface area contributed by atoms with Gasteiger partial charge in [0.25, 0.3) is 5.91 Å². The second kappa shape index (κ2) is 8.11. The van der Waals surface area contributed by atoms with Crippen molar-refractivity contribution in [3.8, 4) is 11.5 Å². The Morgan fingerprint density at radius 2 is 1.58 bits per heavy atom. The van der Waals surface area contributed by atoms with Crippen molar-refractivity contribution in [1.82, 2.24) is 10.2 Å². The van der Waals surface area contributed by atoms with Crippen LogP contribution in [0.1, 0.15) is 24.3 Å². The fourth-order valence-electron chi connectivity index (χ4n) is 2.25. The van der Waals surface area contributed by atoms with Crippen LogP contribution in [-0.4, -0.2) is 22.1 Å². The number of hydrogen-bond donors (Lipinski definition) is 2. The first kappa shape index (κ1) is 17.4. The lowest BCUT2D eigenvalue weighted by molar-refractivity contribution is 0.102. The van der Waals surface area contributed by atoms with E-state index in [1.807, 2.05) is 44.2 Å². The second-order valence-corrected chi connectivity index (χ2v) is 6.00. The minimum absolute atomic E-state index is 0.251. The highest BCUT2D eigenvalue weighted by Crippen LogP contribution is 2.22. The van der Waals surface area contributed by atoms with Crippen molar-refractivity contribution >= 4 is 17.4 Å². The average Bonchev–Trinajstić information content (AvgIpc) is 2.64. The number of benzene rings is 2. The Morgan fingerprint density at radius 3 is 2.19 bits per heavy atom. The van der Waals surface area contributed by atoms with Gasteiger partial charge in [0, 0.05) is 11.7 Å². The van der Waals surface area contributed by atoms with Crippen LogP contribution in [0.15, 0.2) is 66.7 Å². The Bertz CT molecular complexity index is 847. The third-order valence-corrected chi connectivity index (χ3v) is 3.42. The van der Waals surface area contributed by atoms with Crippen LogP contribution in [0.2, 0.25) is 0 Å². The van der Waals surface area contributed by atoms with E-state index in [0.29, 0.717) is 17.3 Å². The largest absolute Gasteiger partial charge is 0.457 e. The van der Waals surface area contributed by atoms with E-state index in [2.05, 4.69) is 20.8 Å². The van der Waals surface area contributed by atoms with Gasteiger partial charge in [-0.15, -0.1) is 10.2 Å². The van der Waals surface area contributed by atoms with Crippen molar-refractivity contribution in [2.24, 2.45) is 0 Å². The van der Waals surface area contributed by atoms with Gasteiger partial charge < -0.3 is 15.4 Å². The molecular weight excluding hydrogens is 328 g/mol. The molecule has 0 saturated heterocycles. The Hall–Kier alpha value is -3.41. The molecule has 0 aliphatic carbocycles. The first-order valence-electron chi connectivity index (χ1n) is 8.35. The first-order valence-corrected chi connectivity index (χ1v) is 8.35. The summed E-state index contributed by atoms with van der Waals surface area (Å²) in [7, 11) is 0. The summed E-state index contributed by atoms with van der Waals surface area (Å²) in [6.07, 6.45) is 0. The number of nitrogens with one attached hydrogen (secondary N) is 2. The van der Waals surface area contributed by atoms with E-state index in [0.717, 1.165) is 5.75 Å². The summed E-state index contributed by atoms with van der Waals surface area (Å²) < 4.78 is 5.73. The Kier molecular flexibility index (Phi) is 5.43. The lowest BCUT2D eigenvalue weighted by Gasteiger charge is -2.09. The van der Waals surface area contributed by atoms with Gasteiger partial charge in [-0.25, -0.2) is 0 Å². The van der Waals surface area contributed by atoms with Crippen molar-refractivity contribution in [1.29, 1.82) is 0 Å². The molecule has 1 aromatic heterocycles. The van der Waals surface area contributed by atoms with Crippen molar-refractivity contribution in [3.63, 3.8) is 0 Å². The van der Waals surface area contributed by atoms with Gasteiger partial charge in [0.1, 0.15) is 17.3 Å². The van der Waals surface area contributed by atoms with Crippen LogP contribution in [0, 0.1) is 0 Å². The van der Waals surface area contributed by atoms with Gasteiger partial charge >= 0.3 is 0 Å². The molecule has 2 aromatic carbocycles. The standard InChI is InChI=1S/C20H20N4O2/c1-14(2)21-19-13-12-18(23-24-19)20(25)22-15-8-10-17(11-9-15)26-16-6-4-3-5-7-16/h3-14H,1-2H3,(H,21,24)(H,22,25). The molecule has 2 N–H and O–H groups in total. The number of ether oxygens (including phenoxy) is 1. The van der Waals surface area contributed by atoms with Gasteiger partial charge in [-0.05, 0) is 62.4 Å². The third kappa shape index (κ3) is 4.80. The second-order valence-electron chi connectivity index (χ2n) is 6.00. The summed E-state index contributed by atoms with van der Waals surface area (Å²) in [6, 6.07) is 20.3. The van der Waals surface area contributed by atoms with Gasteiger partial charge in [0.15, 0.2) is 5.69 Å².